The zero-order chi connectivity index (χ0) is 23.8. The molecule has 0 spiro atoms. The minimum atomic E-state index is -0.598. The Hall–Kier alpha value is -4.39. The van der Waals surface area contributed by atoms with Crippen LogP contribution in [0.1, 0.15) is 27.0 Å². The minimum Gasteiger partial charge on any atom is -0.507 e. The molecule has 7 heteroatoms. The number of anilines is 1. The number of rotatable bonds is 7. The molecule has 0 heterocycles. The van der Waals surface area contributed by atoms with Crippen molar-refractivity contribution in [2.75, 3.05) is 19.0 Å². The SMILES string of the molecule is Cc1cccc(C=NNC(=O)C(=Cc2ccc(N(C)C)cc2)NC(=O)c2ccccc2)c1O. The lowest BCUT2D eigenvalue weighted by Crippen LogP contribution is -2.32. The highest BCUT2D eigenvalue weighted by Gasteiger charge is 2.14. The molecule has 0 bridgehead atoms. The number of phenols is 1. The molecule has 33 heavy (non-hydrogen) atoms. The van der Waals surface area contributed by atoms with E-state index in [1.165, 1.54) is 6.21 Å². The third-order valence-electron chi connectivity index (χ3n) is 4.89. The van der Waals surface area contributed by atoms with E-state index in [1.54, 1.807) is 55.5 Å². The summed E-state index contributed by atoms with van der Waals surface area (Å²) in [6.45, 7) is 1.77. The number of aromatic hydroxyl groups is 1. The number of carbonyl (C=O) groups is 2. The topological polar surface area (TPSA) is 94.0 Å². The maximum absolute atomic E-state index is 12.9. The lowest BCUT2D eigenvalue weighted by molar-refractivity contribution is -0.117. The molecule has 0 aliphatic rings. The molecule has 0 radical (unpaired) electrons. The molecule has 0 saturated heterocycles. The number of hydrazone groups is 1. The molecule has 0 aromatic heterocycles. The average molecular weight is 443 g/mol. The molecule has 3 rings (SSSR count). The standard InChI is InChI=1S/C26H26N4O3/c1-18-8-7-11-21(24(18)31)17-27-29-26(33)23(28-25(32)20-9-5-4-6-10-20)16-19-12-14-22(15-13-19)30(2)3/h4-17,31H,1-3H3,(H,28,32)(H,29,33). The van der Waals surface area contributed by atoms with E-state index >= 15 is 0 Å². The van der Waals surface area contributed by atoms with E-state index in [0.717, 1.165) is 11.3 Å². The van der Waals surface area contributed by atoms with Crippen molar-refractivity contribution in [3.05, 3.63) is 101 Å². The number of nitrogens with zero attached hydrogens (tertiary/aromatic N) is 2. The Balaban J connectivity index is 1.83. The molecular formula is C26H26N4O3. The van der Waals surface area contributed by atoms with Crippen LogP contribution in [0.2, 0.25) is 0 Å². The molecule has 0 unspecified atom stereocenters. The van der Waals surface area contributed by atoms with Gasteiger partial charge >= 0.3 is 0 Å². The van der Waals surface area contributed by atoms with Gasteiger partial charge < -0.3 is 15.3 Å². The quantitative estimate of drug-likeness (QED) is 0.296. The Morgan fingerprint density at radius 2 is 1.64 bits per heavy atom. The molecular weight excluding hydrogens is 416 g/mol. The van der Waals surface area contributed by atoms with E-state index in [9.17, 15) is 14.7 Å². The summed E-state index contributed by atoms with van der Waals surface area (Å²) in [7, 11) is 3.88. The van der Waals surface area contributed by atoms with E-state index < -0.39 is 11.8 Å². The molecule has 168 valence electrons. The molecule has 3 aromatic carbocycles. The Labute approximate surface area is 193 Å². The van der Waals surface area contributed by atoms with Gasteiger partial charge in [0.15, 0.2) is 0 Å². The summed E-state index contributed by atoms with van der Waals surface area (Å²) < 4.78 is 0. The number of phenolic OH excluding ortho intramolecular Hbond substituents is 1. The van der Waals surface area contributed by atoms with Crippen molar-refractivity contribution < 1.29 is 14.7 Å². The van der Waals surface area contributed by atoms with Crippen molar-refractivity contribution in [2.45, 2.75) is 6.92 Å². The van der Waals surface area contributed by atoms with Gasteiger partial charge in [0.1, 0.15) is 11.4 Å². The van der Waals surface area contributed by atoms with Crippen molar-refractivity contribution >= 4 is 29.8 Å². The number of para-hydroxylation sites is 1. The Kier molecular flexibility index (Phi) is 7.60. The fourth-order valence-corrected chi connectivity index (χ4v) is 2.98. The van der Waals surface area contributed by atoms with Crippen LogP contribution in [0.3, 0.4) is 0 Å². The van der Waals surface area contributed by atoms with Crippen molar-refractivity contribution in [3.63, 3.8) is 0 Å². The minimum absolute atomic E-state index is 0.0343. The first-order valence-corrected chi connectivity index (χ1v) is 10.3. The summed E-state index contributed by atoms with van der Waals surface area (Å²) in [6.07, 6.45) is 2.93. The maximum atomic E-state index is 12.9. The number of nitrogens with one attached hydrogen (secondary N) is 2. The second-order valence-electron chi connectivity index (χ2n) is 7.58. The van der Waals surface area contributed by atoms with E-state index in [1.807, 2.05) is 49.3 Å². The molecule has 7 nitrogen and oxygen atoms in total. The van der Waals surface area contributed by atoms with Crippen molar-refractivity contribution in [1.82, 2.24) is 10.7 Å². The predicted octanol–water partition coefficient (Wildman–Crippen LogP) is 3.69. The van der Waals surface area contributed by atoms with Gasteiger partial charge in [-0.25, -0.2) is 5.43 Å². The largest absolute Gasteiger partial charge is 0.507 e. The third-order valence-corrected chi connectivity index (χ3v) is 4.89. The van der Waals surface area contributed by atoms with Gasteiger partial charge in [-0.05, 0) is 54.5 Å². The summed E-state index contributed by atoms with van der Waals surface area (Å²) in [6, 6.07) is 21.4. The van der Waals surface area contributed by atoms with Crippen molar-refractivity contribution in [1.29, 1.82) is 0 Å². The summed E-state index contributed by atoms with van der Waals surface area (Å²) >= 11 is 0. The molecule has 3 aromatic rings. The van der Waals surface area contributed by atoms with E-state index in [2.05, 4.69) is 15.8 Å². The maximum Gasteiger partial charge on any atom is 0.287 e. The van der Waals surface area contributed by atoms with Gasteiger partial charge in [0, 0.05) is 30.9 Å². The molecule has 3 N–H and O–H groups in total. The summed E-state index contributed by atoms with van der Waals surface area (Å²) in [4.78, 5) is 27.5. The van der Waals surface area contributed by atoms with Crippen LogP contribution in [-0.2, 0) is 4.79 Å². The molecule has 0 fully saturated rings. The number of hydrogen-bond acceptors (Lipinski definition) is 5. The van der Waals surface area contributed by atoms with Gasteiger partial charge in [-0.1, -0.05) is 42.5 Å². The average Bonchev–Trinajstić information content (AvgIpc) is 2.82. The zero-order valence-electron chi connectivity index (χ0n) is 18.7. The monoisotopic (exact) mass is 442 g/mol. The first kappa shape index (κ1) is 23.3. The lowest BCUT2D eigenvalue weighted by Gasteiger charge is -2.12. The number of benzene rings is 3. The molecule has 0 aliphatic carbocycles. The number of carbonyl (C=O) groups excluding carboxylic acids is 2. The molecule has 0 aliphatic heterocycles. The van der Waals surface area contributed by atoms with Gasteiger partial charge in [0.2, 0.25) is 0 Å². The van der Waals surface area contributed by atoms with E-state index in [-0.39, 0.29) is 11.4 Å². The lowest BCUT2D eigenvalue weighted by atomic mass is 10.1. The number of amides is 2. The van der Waals surface area contributed by atoms with Crippen LogP contribution in [-0.4, -0.2) is 37.2 Å². The fraction of sp³-hybridized carbons (Fsp3) is 0.115. The zero-order valence-corrected chi connectivity index (χ0v) is 18.7. The van der Waals surface area contributed by atoms with Gasteiger partial charge in [0.05, 0.1) is 6.21 Å². The van der Waals surface area contributed by atoms with Gasteiger partial charge in [-0.3, -0.25) is 9.59 Å². The highest BCUT2D eigenvalue weighted by Crippen LogP contribution is 2.19. The summed E-state index contributed by atoms with van der Waals surface area (Å²) in [5.74, 6) is -0.925. The van der Waals surface area contributed by atoms with Crippen LogP contribution in [0, 0.1) is 6.92 Å². The summed E-state index contributed by atoms with van der Waals surface area (Å²) in [5.41, 5.74) is 5.78. The van der Waals surface area contributed by atoms with Crippen LogP contribution < -0.4 is 15.6 Å². The Bertz CT molecular complexity index is 1180. The predicted molar refractivity (Wildman–Crippen MR) is 131 cm³/mol. The van der Waals surface area contributed by atoms with Gasteiger partial charge in [0.25, 0.3) is 11.8 Å². The highest BCUT2D eigenvalue weighted by atomic mass is 16.3. The third kappa shape index (κ3) is 6.30. The first-order chi connectivity index (χ1) is 15.8. The van der Waals surface area contributed by atoms with Gasteiger partial charge in [-0.15, -0.1) is 0 Å². The Morgan fingerprint density at radius 3 is 2.30 bits per heavy atom. The number of hydrogen-bond donors (Lipinski definition) is 3. The van der Waals surface area contributed by atoms with Crippen molar-refractivity contribution in [3.8, 4) is 5.75 Å². The molecule has 2 amide bonds. The highest BCUT2D eigenvalue weighted by molar-refractivity contribution is 6.05. The number of aryl methyl sites for hydroxylation is 1. The normalized spacial score (nSPS) is 11.3. The second-order valence-corrected chi connectivity index (χ2v) is 7.58. The van der Waals surface area contributed by atoms with E-state index in [4.69, 9.17) is 0 Å². The van der Waals surface area contributed by atoms with Crippen molar-refractivity contribution in [2.24, 2.45) is 5.10 Å². The van der Waals surface area contributed by atoms with Crippen LogP contribution >= 0.6 is 0 Å². The van der Waals surface area contributed by atoms with Crippen LogP contribution in [0.25, 0.3) is 6.08 Å². The molecule has 0 saturated carbocycles. The first-order valence-electron chi connectivity index (χ1n) is 10.3. The Morgan fingerprint density at radius 1 is 0.939 bits per heavy atom. The van der Waals surface area contributed by atoms with E-state index in [0.29, 0.717) is 16.7 Å². The summed E-state index contributed by atoms with van der Waals surface area (Å²) in [5, 5.41) is 16.7. The van der Waals surface area contributed by atoms with Crippen LogP contribution in [0.5, 0.6) is 5.75 Å². The van der Waals surface area contributed by atoms with Gasteiger partial charge in [-0.2, -0.15) is 5.10 Å². The van der Waals surface area contributed by atoms with Crippen LogP contribution in [0.15, 0.2) is 83.6 Å². The van der Waals surface area contributed by atoms with Crippen LogP contribution in [0.4, 0.5) is 5.69 Å². The fourth-order valence-electron chi connectivity index (χ4n) is 2.98. The molecule has 0 atom stereocenters. The second kappa shape index (κ2) is 10.8. The smallest absolute Gasteiger partial charge is 0.287 e.